The first-order valence-corrected chi connectivity index (χ1v) is 15.6. The lowest BCUT2D eigenvalue weighted by atomic mass is 9.99. The Kier molecular flexibility index (Phi) is 9.62. The fourth-order valence-corrected chi connectivity index (χ4v) is 6.20. The van der Waals surface area contributed by atoms with Crippen molar-refractivity contribution in [3.05, 3.63) is 29.3 Å². The van der Waals surface area contributed by atoms with Crippen molar-refractivity contribution >= 4 is 53.0 Å². The lowest BCUT2D eigenvalue weighted by Gasteiger charge is -2.26. The highest BCUT2D eigenvalue weighted by Crippen LogP contribution is 2.38. The average molecular weight is 632 g/mol. The van der Waals surface area contributed by atoms with Crippen LogP contribution in [0.2, 0.25) is 5.02 Å². The molecule has 2 saturated heterocycles. The molecule has 0 aromatic heterocycles. The number of hydrogen-bond donors (Lipinski definition) is 3. The van der Waals surface area contributed by atoms with Crippen molar-refractivity contribution in [2.75, 3.05) is 24.5 Å². The molecule has 1 aromatic rings. The molecular weight excluding hydrogens is 594 g/mol. The maximum absolute atomic E-state index is 13.7. The summed E-state index contributed by atoms with van der Waals surface area (Å²) >= 11 is 6.13. The number of nitrogens with zero attached hydrogens (tertiary/aromatic N) is 2. The molecule has 0 bridgehead atoms. The Morgan fingerprint density at radius 3 is 2.55 bits per heavy atom. The molecule has 44 heavy (non-hydrogen) atoms. The fraction of sp³-hybridized carbons (Fsp3) is 0.600. The SMILES string of the molecule is CCC[C@@H](NC(=O)[C@@H]1C[C@@]2(CN(c3cccc(Cl)c3)C(=O)O2)CN1C(=O)CNC(=O)OC1CCCC1)C(=O)C(=O)NC1CC1. The third-order valence-corrected chi connectivity index (χ3v) is 8.66. The molecule has 0 unspecified atom stereocenters. The van der Waals surface area contributed by atoms with Crippen LogP contribution in [0.3, 0.4) is 0 Å². The Bertz CT molecular complexity index is 1320. The van der Waals surface area contributed by atoms with Gasteiger partial charge in [0.2, 0.25) is 17.6 Å². The Morgan fingerprint density at radius 2 is 1.86 bits per heavy atom. The van der Waals surface area contributed by atoms with Crippen molar-refractivity contribution in [3.63, 3.8) is 0 Å². The second-order valence-electron chi connectivity index (χ2n) is 12.0. The van der Waals surface area contributed by atoms with Gasteiger partial charge in [-0.1, -0.05) is 31.0 Å². The summed E-state index contributed by atoms with van der Waals surface area (Å²) in [5.74, 6) is -2.76. The summed E-state index contributed by atoms with van der Waals surface area (Å²) in [6, 6.07) is 4.41. The number of benzene rings is 1. The first-order valence-electron chi connectivity index (χ1n) is 15.2. The number of ether oxygens (including phenoxy) is 2. The largest absolute Gasteiger partial charge is 0.446 e. The number of nitrogens with one attached hydrogen (secondary N) is 3. The molecule has 3 N–H and O–H groups in total. The number of halogens is 1. The van der Waals surface area contributed by atoms with E-state index in [4.69, 9.17) is 21.1 Å². The number of likely N-dealkylation sites (tertiary alicyclic amines) is 1. The van der Waals surface area contributed by atoms with E-state index in [2.05, 4.69) is 16.0 Å². The van der Waals surface area contributed by atoms with Gasteiger partial charge in [0.1, 0.15) is 18.7 Å². The topological polar surface area (TPSA) is 163 Å². The van der Waals surface area contributed by atoms with E-state index in [-0.39, 0.29) is 38.1 Å². The van der Waals surface area contributed by atoms with E-state index in [9.17, 15) is 28.8 Å². The van der Waals surface area contributed by atoms with Crippen molar-refractivity contribution in [3.8, 4) is 0 Å². The Morgan fingerprint density at radius 1 is 1.11 bits per heavy atom. The fourth-order valence-electron chi connectivity index (χ4n) is 6.01. The molecule has 14 heteroatoms. The zero-order valence-corrected chi connectivity index (χ0v) is 25.4. The van der Waals surface area contributed by atoms with Gasteiger partial charge in [0.15, 0.2) is 5.60 Å². The number of carbonyl (C=O) groups is 6. The van der Waals surface area contributed by atoms with Crippen LogP contribution in [0.4, 0.5) is 15.3 Å². The highest BCUT2D eigenvalue weighted by Gasteiger charge is 2.56. The predicted molar refractivity (Wildman–Crippen MR) is 158 cm³/mol. The van der Waals surface area contributed by atoms with Crippen molar-refractivity contribution in [2.45, 2.75) is 94.5 Å². The zero-order valence-electron chi connectivity index (χ0n) is 24.6. The van der Waals surface area contributed by atoms with E-state index >= 15 is 0 Å². The second kappa shape index (κ2) is 13.4. The smallest absolute Gasteiger partial charge is 0.415 e. The van der Waals surface area contributed by atoms with Crippen molar-refractivity contribution in [2.24, 2.45) is 0 Å². The number of hydrogen-bond acceptors (Lipinski definition) is 8. The normalized spacial score (nSPS) is 23.8. The molecule has 3 atom stereocenters. The Hall–Kier alpha value is -3.87. The molecular formula is C30H38ClN5O8. The summed E-state index contributed by atoms with van der Waals surface area (Å²) in [7, 11) is 0. The van der Waals surface area contributed by atoms with Crippen LogP contribution in [-0.2, 0) is 28.7 Å². The van der Waals surface area contributed by atoms with Gasteiger partial charge in [0.25, 0.3) is 5.91 Å². The van der Waals surface area contributed by atoms with E-state index in [0.717, 1.165) is 38.5 Å². The summed E-state index contributed by atoms with van der Waals surface area (Å²) in [6.07, 6.45) is 4.19. The maximum Gasteiger partial charge on any atom is 0.415 e. The van der Waals surface area contributed by atoms with Gasteiger partial charge < -0.3 is 30.3 Å². The summed E-state index contributed by atoms with van der Waals surface area (Å²) in [5.41, 5.74) is -0.744. The molecule has 13 nitrogen and oxygen atoms in total. The minimum absolute atomic E-state index is 0.0282. The van der Waals surface area contributed by atoms with Crippen LogP contribution in [-0.4, -0.2) is 90.1 Å². The molecule has 0 radical (unpaired) electrons. The number of rotatable bonds is 11. The van der Waals surface area contributed by atoms with E-state index < -0.39 is 59.9 Å². The molecule has 2 aliphatic carbocycles. The van der Waals surface area contributed by atoms with Crippen LogP contribution in [0.1, 0.15) is 64.7 Å². The minimum atomic E-state index is -1.24. The maximum atomic E-state index is 13.7. The first kappa shape index (κ1) is 31.6. The quantitative estimate of drug-likeness (QED) is 0.314. The molecule has 2 saturated carbocycles. The molecule has 4 fully saturated rings. The van der Waals surface area contributed by atoms with Gasteiger partial charge in [0, 0.05) is 23.2 Å². The summed E-state index contributed by atoms with van der Waals surface area (Å²) in [4.78, 5) is 80.6. The first-order chi connectivity index (χ1) is 21.1. The molecule has 5 rings (SSSR count). The lowest BCUT2D eigenvalue weighted by Crippen LogP contribution is -2.54. The van der Waals surface area contributed by atoms with Crippen LogP contribution in [0.5, 0.6) is 0 Å². The number of alkyl carbamates (subject to hydrolysis) is 1. The van der Waals surface area contributed by atoms with Crippen LogP contribution in [0.15, 0.2) is 24.3 Å². The van der Waals surface area contributed by atoms with Gasteiger partial charge in [-0.3, -0.25) is 24.1 Å². The van der Waals surface area contributed by atoms with Gasteiger partial charge in [-0.05, 0) is 63.1 Å². The third-order valence-electron chi connectivity index (χ3n) is 8.42. The summed E-state index contributed by atoms with van der Waals surface area (Å²) in [5, 5.41) is 8.22. The number of amides is 5. The highest BCUT2D eigenvalue weighted by molar-refractivity contribution is 6.38. The van der Waals surface area contributed by atoms with Gasteiger partial charge in [-0.15, -0.1) is 0 Å². The van der Waals surface area contributed by atoms with E-state index in [1.54, 1.807) is 24.3 Å². The Labute approximate surface area is 260 Å². The van der Waals surface area contributed by atoms with E-state index in [1.807, 2.05) is 6.92 Å². The number of Topliss-reactive ketones (excluding diaryl/α,β-unsaturated/α-hetero) is 1. The van der Waals surface area contributed by atoms with Crippen molar-refractivity contribution in [1.82, 2.24) is 20.9 Å². The molecule has 1 spiro atoms. The third kappa shape index (κ3) is 7.43. The standard InChI is InChI=1S/C30H38ClN5O8/c1-2-6-22(25(38)27(40)33-19-11-12-19)34-26(39)23-14-30(16-35(29(42)44-30)20-8-5-7-18(31)13-20)17-36(23)24(37)15-32-28(41)43-21-9-3-4-10-21/h5,7-8,13,19,21-23H,2-4,6,9-12,14-17H2,1H3,(H,32,41)(H,33,40)(H,34,39)/t22-,23+,30-/m1/s1. The van der Waals surface area contributed by atoms with Crippen LogP contribution >= 0.6 is 11.6 Å². The summed E-state index contributed by atoms with van der Waals surface area (Å²) in [6.45, 7) is 1.29. The van der Waals surface area contributed by atoms with Crippen LogP contribution in [0.25, 0.3) is 0 Å². The zero-order chi connectivity index (χ0) is 31.4. The molecule has 2 heterocycles. The van der Waals surface area contributed by atoms with Gasteiger partial charge in [0.05, 0.1) is 19.1 Å². The van der Waals surface area contributed by atoms with Gasteiger partial charge >= 0.3 is 12.2 Å². The van der Waals surface area contributed by atoms with Crippen LogP contribution < -0.4 is 20.9 Å². The highest BCUT2D eigenvalue weighted by atomic mass is 35.5. The number of anilines is 1. The van der Waals surface area contributed by atoms with Gasteiger partial charge in [-0.2, -0.15) is 0 Å². The monoisotopic (exact) mass is 631 g/mol. The van der Waals surface area contributed by atoms with E-state index in [0.29, 0.717) is 17.1 Å². The molecule has 2 aliphatic heterocycles. The Balaban J connectivity index is 1.31. The predicted octanol–water partition coefficient (Wildman–Crippen LogP) is 2.44. The molecule has 4 aliphatic rings. The van der Waals surface area contributed by atoms with Gasteiger partial charge in [-0.25, -0.2) is 9.59 Å². The van der Waals surface area contributed by atoms with Crippen LogP contribution in [0, 0.1) is 0 Å². The summed E-state index contributed by atoms with van der Waals surface area (Å²) < 4.78 is 11.2. The average Bonchev–Trinajstić information content (AvgIpc) is 3.36. The minimum Gasteiger partial charge on any atom is -0.446 e. The second-order valence-corrected chi connectivity index (χ2v) is 12.4. The molecule has 1 aromatic carbocycles. The molecule has 5 amide bonds. The van der Waals surface area contributed by atoms with E-state index in [1.165, 1.54) is 9.80 Å². The number of ketones is 1. The van der Waals surface area contributed by atoms with Crippen molar-refractivity contribution < 1.29 is 38.2 Å². The lowest BCUT2D eigenvalue weighted by molar-refractivity contribution is -0.142. The number of carbonyl (C=O) groups excluding carboxylic acids is 6. The van der Waals surface area contributed by atoms with Crippen molar-refractivity contribution in [1.29, 1.82) is 0 Å². The molecule has 238 valence electrons.